The minimum Gasteiger partial charge on any atom is -0.456 e. The van der Waals surface area contributed by atoms with Gasteiger partial charge < -0.3 is 8.83 Å². The smallest absolute Gasteiger partial charge is 0.143 e. The van der Waals surface area contributed by atoms with Crippen molar-refractivity contribution in [3.8, 4) is 22.3 Å². The molecule has 0 aliphatic heterocycles. The molecular formula is C51H34O2. The molecule has 0 amide bonds. The molecule has 1 aliphatic carbocycles. The lowest BCUT2D eigenvalue weighted by molar-refractivity contribution is 0.613. The number of benzene rings is 8. The Hall–Kier alpha value is -6.64. The highest BCUT2D eigenvalue weighted by Gasteiger charge is 2.26. The van der Waals surface area contributed by atoms with Crippen LogP contribution in [0.4, 0.5) is 0 Å². The van der Waals surface area contributed by atoms with Crippen molar-refractivity contribution < 1.29 is 8.83 Å². The second-order valence-corrected chi connectivity index (χ2v) is 14.4. The summed E-state index contributed by atoms with van der Waals surface area (Å²) in [6.45, 7) is 2.31. The summed E-state index contributed by atoms with van der Waals surface area (Å²) < 4.78 is 12.9. The molecular weight excluding hydrogens is 645 g/mol. The van der Waals surface area contributed by atoms with Gasteiger partial charge in [-0.05, 0) is 67.4 Å². The lowest BCUT2D eigenvalue weighted by Gasteiger charge is -2.26. The van der Waals surface area contributed by atoms with Crippen molar-refractivity contribution in [2.75, 3.05) is 0 Å². The van der Waals surface area contributed by atoms with Gasteiger partial charge in [-0.2, -0.15) is 0 Å². The monoisotopic (exact) mass is 678 g/mol. The molecule has 2 heteroatoms. The zero-order valence-corrected chi connectivity index (χ0v) is 29.2. The molecule has 0 saturated heterocycles. The molecule has 2 nitrogen and oxygen atoms in total. The second-order valence-electron chi connectivity index (χ2n) is 14.4. The predicted octanol–water partition coefficient (Wildman–Crippen LogP) is 14.5. The maximum Gasteiger partial charge on any atom is 0.143 e. The number of allylic oxidation sites excluding steroid dienone is 4. The summed E-state index contributed by atoms with van der Waals surface area (Å²) in [5.74, 6) is 0.485. The fourth-order valence-corrected chi connectivity index (χ4v) is 8.89. The van der Waals surface area contributed by atoms with Gasteiger partial charge in [-0.1, -0.05) is 171 Å². The molecule has 8 aromatic carbocycles. The lowest BCUT2D eigenvalue weighted by atomic mass is 9.78. The molecule has 2 unspecified atom stereocenters. The van der Waals surface area contributed by atoms with E-state index in [2.05, 4.69) is 165 Å². The van der Waals surface area contributed by atoms with E-state index in [1.165, 1.54) is 60.1 Å². The number of hydrogen-bond donors (Lipinski definition) is 0. The molecule has 53 heavy (non-hydrogen) atoms. The van der Waals surface area contributed by atoms with Crippen LogP contribution in [0.1, 0.15) is 24.0 Å². The van der Waals surface area contributed by atoms with Gasteiger partial charge in [0.1, 0.15) is 22.3 Å². The van der Waals surface area contributed by atoms with Gasteiger partial charge in [0.25, 0.3) is 0 Å². The van der Waals surface area contributed by atoms with Crippen LogP contribution >= 0.6 is 0 Å². The minimum atomic E-state index is 0.167. The summed E-state index contributed by atoms with van der Waals surface area (Å²) in [4.78, 5) is 0. The van der Waals surface area contributed by atoms with Crippen molar-refractivity contribution in [2.24, 2.45) is 5.92 Å². The molecule has 0 N–H and O–H groups in total. The Morgan fingerprint density at radius 3 is 1.55 bits per heavy atom. The first-order valence-corrected chi connectivity index (χ1v) is 18.5. The van der Waals surface area contributed by atoms with Crippen LogP contribution in [-0.2, 0) is 0 Å². The van der Waals surface area contributed by atoms with E-state index >= 15 is 0 Å². The maximum atomic E-state index is 6.54. The van der Waals surface area contributed by atoms with Gasteiger partial charge in [0, 0.05) is 38.6 Å². The number of furan rings is 2. The zero-order valence-electron chi connectivity index (χ0n) is 29.2. The molecule has 250 valence electrons. The van der Waals surface area contributed by atoms with E-state index in [4.69, 9.17) is 8.83 Å². The van der Waals surface area contributed by atoms with Gasteiger partial charge in [-0.3, -0.25) is 0 Å². The Bertz CT molecular complexity index is 3070. The highest BCUT2D eigenvalue weighted by atomic mass is 16.3. The van der Waals surface area contributed by atoms with Crippen LogP contribution in [0.15, 0.2) is 185 Å². The van der Waals surface area contributed by atoms with Gasteiger partial charge in [-0.15, -0.1) is 0 Å². The largest absolute Gasteiger partial charge is 0.456 e. The molecule has 0 spiro atoms. The molecule has 0 radical (unpaired) electrons. The number of fused-ring (bicyclic) bond motifs is 8. The maximum absolute atomic E-state index is 6.54. The molecule has 2 atom stereocenters. The van der Waals surface area contributed by atoms with Gasteiger partial charge in [0.05, 0.1) is 0 Å². The third-order valence-electron chi connectivity index (χ3n) is 11.4. The molecule has 11 rings (SSSR count). The highest BCUT2D eigenvalue weighted by Crippen LogP contribution is 2.46. The zero-order chi connectivity index (χ0) is 35.0. The first kappa shape index (κ1) is 30.0. The van der Waals surface area contributed by atoms with Gasteiger partial charge in [0.15, 0.2) is 0 Å². The molecule has 2 aromatic heterocycles. The Morgan fingerprint density at radius 2 is 0.906 bits per heavy atom. The van der Waals surface area contributed by atoms with Crippen LogP contribution in [0.2, 0.25) is 0 Å². The number of hydrogen-bond acceptors (Lipinski definition) is 2. The standard InChI is InChI=1S/C51H34O2/c1-31-24-25-34(30-45(31)44-21-11-20-43-37-13-7-9-23-47(37)53-51(43)44)49-40-16-4-2-14-38(40)48(39-15-3-5-17-41(39)49)33-28-26-32(27-29-33)35-18-10-19-42-36-12-6-8-22-46(36)52-50(35)42/h2-31,45H,1H3. The van der Waals surface area contributed by atoms with Gasteiger partial charge in [-0.25, -0.2) is 0 Å². The van der Waals surface area contributed by atoms with Crippen LogP contribution in [0.5, 0.6) is 0 Å². The molecule has 0 bridgehead atoms. The van der Waals surface area contributed by atoms with Crippen LogP contribution in [-0.4, -0.2) is 0 Å². The molecule has 1 aliphatic rings. The SMILES string of the molecule is CC1C=CC(c2c3ccccc3c(-c3ccc(-c4cccc5c4oc4ccccc45)cc3)c3ccccc23)=CC1c1cccc2c1oc1ccccc12. The first-order chi connectivity index (χ1) is 26.2. The second kappa shape index (κ2) is 11.7. The quantitative estimate of drug-likeness (QED) is 0.173. The van der Waals surface area contributed by atoms with E-state index in [-0.39, 0.29) is 5.92 Å². The Balaban J connectivity index is 1.07. The van der Waals surface area contributed by atoms with Crippen molar-refractivity contribution in [2.45, 2.75) is 12.8 Å². The Labute approximate surface area is 306 Å². The average Bonchev–Trinajstić information content (AvgIpc) is 3.79. The fraction of sp³-hybridized carbons (Fsp3) is 0.0588. The highest BCUT2D eigenvalue weighted by molar-refractivity contribution is 6.20. The Morgan fingerprint density at radius 1 is 0.415 bits per heavy atom. The lowest BCUT2D eigenvalue weighted by Crippen LogP contribution is -2.10. The van der Waals surface area contributed by atoms with Crippen molar-refractivity contribution in [3.05, 3.63) is 187 Å². The van der Waals surface area contributed by atoms with Gasteiger partial charge in [0.2, 0.25) is 0 Å². The Kier molecular flexibility index (Phi) is 6.63. The summed E-state index contributed by atoms with van der Waals surface area (Å²) in [5.41, 5.74) is 12.2. The third-order valence-corrected chi connectivity index (χ3v) is 11.4. The number of para-hydroxylation sites is 4. The molecule has 0 fully saturated rings. The van der Waals surface area contributed by atoms with E-state index in [1.54, 1.807) is 0 Å². The van der Waals surface area contributed by atoms with Crippen LogP contribution < -0.4 is 0 Å². The van der Waals surface area contributed by atoms with E-state index in [0.29, 0.717) is 5.92 Å². The van der Waals surface area contributed by atoms with E-state index in [9.17, 15) is 0 Å². The van der Waals surface area contributed by atoms with Crippen LogP contribution in [0.25, 0.3) is 93.2 Å². The third kappa shape index (κ3) is 4.59. The van der Waals surface area contributed by atoms with Crippen molar-refractivity contribution >= 4 is 71.0 Å². The van der Waals surface area contributed by atoms with Crippen LogP contribution in [0.3, 0.4) is 0 Å². The molecule has 0 saturated carbocycles. The van der Waals surface area contributed by atoms with Crippen molar-refractivity contribution in [1.82, 2.24) is 0 Å². The van der Waals surface area contributed by atoms with Crippen LogP contribution in [0, 0.1) is 5.92 Å². The summed E-state index contributed by atoms with van der Waals surface area (Å²) in [7, 11) is 0. The van der Waals surface area contributed by atoms with E-state index < -0.39 is 0 Å². The summed E-state index contributed by atoms with van der Waals surface area (Å²) in [6, 6.07) is 56.5. The average molecular weight is 679 g/mol. The minimum absolute atomic E-state index is 0.167. The van der Waals surface area contributed by atoms with Gasteiger partial charge >= 0.3 is 0 Å². The fourth-order valence-electron chi connectivity index (χ4n) is 8.89. The summed E-state index contributed by atoms with van der Waals surface area (Å²) >= 11 is 0. The predicted molar refractivity (Wildman–Crippen MR) is 222 cm³/mol. The van der Waals surface area contributed by atoms with E-state index in [0.717, 1.165) is 44.2 Å². The van der Waals surface area contributed by atoms with Crippen molar-refractivity contribution in [1.29, 1.82) is 0 Å². The summed E-state index contributed by atoms with van der Waals surface area (Å²) in [6.07, 6.45) is 7.19. The number of rotatable bonds is 4. The van der Waals surface area contributed by atoms with E-state index in [1.807, 2.05) is 18.2 Å². The molecule has 10 aromatic rings. The summed E-state index contributed by atoms with van der Waals surface area (Å²) in [5, 5.41) is 9.64. The topological polar surface area (TPSA) is 26.3 Å². The first-order valence-electron chi connectivity index (χ1n) is 18.5. The molecule has 2 heterocycles. The van der Waals surface area contributed by atoms with Crippen molar-refractivity contribution in [3.63, 3.8) is 0 Å². The normalized spacial score (nSPS) is 16.1.